The lowest BCUT2D eigenvalue weighted by molar-refractivity contribution is -0.137. The molecule has 0 bridgehead atoms. The fraction of sp³-hybridized carbons (Fsp3) is 0.200. The van der Waals surface area contributed by atoms with Gasteiger partial charge in [0.05, 0.1) is 15.5 Å². The van der Waals surface area contributed by atoms with E-state index in [2.05, 4.69) is 4.72 Å². The van der Waals surface area contributed by atoms with E-state index in [9.17, 15) is 21.6 Å². The molecule has 0 unspecified atom stereocenters. The Balaban J connectivity index is 2.34. The zero-order chi connectivity index (χ0) is 17.3. The van der Waals surface area contributed by atoms with Crippen LogP contribution in [0.25, 0.3) is 0 Å². The Morgan fingerprint density at radius 3 is 2.26 bits per heavy atom. The number of sulfonamides is 1. The molecule has 2 aromatic rings. The molecule has 0 heterocycles. The SMILES string of the molecule is C[C@H](NS(=O)(=O)c1ccc(Cl)c(C(F)(F)F)c1)c1ccccc1. The predicted octanol–water partition coefficient (Wildman–Crippen LogP) is 4.40. The molecule has 23 heavy (non-hydrogen) atoms. The average Bonchev–Trinajstić information content (AvgIpc) is 2.46. The van der Waals surface area contributed by atoms with Crippen molar-refractivity contribution in [2.24, 2.45) is 0 Å². The smallest absolute Gasteiger partial charge is 0.207 e. The molecule has 0 saturated carbocycles. The number of rotatable bonds is 4. The zero-order valence-electron chi connectivity index (χ0n) is 11.9. The van der Waals surface area contributed by atoms with Crippen LogP contribution in [0, 0.1) is 0 Å². The summed E-state index contributed by atoms with van der Waals surface area (Å²) in [6.07, 6.45) is -4.73. The first-order valence-electron chi connectivity index (χ1n) is 6.55. The summed E-state index contributed by atoms with van der Waals surface area (Å²) in [4.78, 5) is -0.489. The summed E-state index contributed by atoms with van der Waals surface area (Å²) in [6.45, 7) is 1.60. The molecular formula is C15H13ClF3NO2S. The quantitative estimate of drug-likeness (QED) is 0.875. The molecule has 2 rings (SSSR count). The lowest BCUT2D eigenvalue weighted by atomic mass is 10.1. The van der Waals surface area contributed by atoms with Gasteiger partial charge in [-0.05, 0) is 30.7 Å². The summed E-state index contributed by atoms with van der Waals surface area (Å²) < 4.78 is 65.5. The Bertz CT molecular complexity index is 792. The van der Waals surface area contributed by atoms with Crippen molar-refractivity contribution in [2.75, 3.05) is 0 Å². The van der Waals surface area contributed by atoms with Gasteiger partial charge in [0.15, 0.2) is 0 Å². The minimum Gasteiger partial charge on any atom is -0.207 e. The van der Waals surface area contributed by atoms with Crippen LogP contribution in [0.15, 0.2) is 53.4 Å². The molecule has 0 amide bonds. The van der Waals surface area contributed by atoms with E-state index in [-0.39, 0.29) is 0 Å². The monoisotopic (exact) mass is 363 g/mol. The van der Waals surface area contributed by atoms with Gasteiger partial charge in [0.25, 0.3) is 0 Å². The van der Waals surface area contributed by atoms with E-state index in [1.807, 2.05) is 0 Å². The molecule has 0 saturated heterocycles. The Labute approximate surface area is 137 Å². The van der Waals surface area contributed by atoms with Gasteiger partial charge in [0.1, 0.15) is 0 Å². The molecule has 3 nitrogen and oxygen atoms in total. The third-order valence-electron chi connectivity index (χ3n) is 3.19. The van der Waals surface area contributed by atoms with Gasteiger partial charge in [0, 0.05) is 6.04 Å². The number of benzene rings is 2. The Morgan fingerprint density at radius 1 is 1.09 bits per heavy atom. The highest BCUT2D eigenvalue weighted by molar-refractivity contribution is 7.89. The first kappa shape index (κ1) is 17.8. The van der Waals surface area contributed by atoms with E-state index in [0.717, 1.165) is 12.1 Å². The first-order valence-corrected chi connectivity index (χ1v) is 8.41. The third-order valence-corrected chi connectivity index (χ3v) is 5.05. The van der Waals surface area contributed by atoms with Crippen LogP contribution in [-0.2, 0) is 16.2 Å². The summed E-state index contributed by atoms with van der Waals surface area (Å²) in [5, 5.41) is -0.549. The number of nitrogens with one attached hydrogen (secondary N) is 1. The number of halogens is 4. The van der Waals surface area contributed by atoms with Crippen molar-refractivity contribution in [2.45, 2.75) is 24.0 Å². The highest BCUT2D eigenvalue weighted by atomic mass is 35.5. The topological polar surface area (TPSA) is 46.2 Å². The summed E-state index contributed by atoms with van der Waals surface area (Å²) >= 11 is 5.50. The van der Waals surface area contributed by atoms with E-state index in [1.165, 1.54) is 0 Å². The highest BCUT2D eigenvalue weighted by Crippen LogP contribution is 2.36. The molecule has 0 radical (unpaired) electrons. The predicted molar refractivity (Wildman–Crippen MR) is 81.6 cm³/mol. The summed E-state index contributed by atoms with van der Waals surface area (Å²) in [7, 11) is -4.12. The molecule has 0 fully saturated rings. The summed E-state index contributed by atoms with van der Waals surface area (Å²) in [5.41, 5.74) is -0.490. The van der Waals surface area contributed by atoms with Gasteiger partial charge < -0.3 is 0 Å². The van der Waals surface area contributed by atoms with Crippen LogP contribution in [0.1, 0.15) is 24.1 Å². The molecule has 1 atom stereocenters. The van der Waals surface area contributed by atoms with Crippen molar-refractivity contribution in [3.05, 3.63) is 64.7 Å². The van der Waals surface area contributed by atoms with Crippen LogP contribution in [-0.4, -0.2) is 8.42 Å². The van der Waals surface area contributed by atoms with Crippen molar-refractivity contribution in [1.29, 1.82) is 0 Å². The third kappa shape index (κ3) is 4.25. The Morgan fingerprint density at radius 2 is 1.70 bits per heavy atom. The second kappa shape index (κ2) is 6.51. The largest absolute Gasteiger partial charge is 0.417 e. The molecule has 2 aromatic carbocycles. The Kier molecular flexibility index (Phi) is 5.03. The van der Waals surface area contributed by atoms with E-state index in [4.69, 9.17) is 11.6 Å². The maximum Gasteiger partial charge on any atom is 0.417 e. The van der Waals surface area contributed by atoms with E-state index >= 15 is 0 Å². The van der Waals surface area contributed by atoms with Gasteiger partial charge in [-0.3, -0.25) is 0 Å². The van der Waals surface area contributed by atoms with Gasteiger partial charge in [-0.25, -0.2) is 13.1 Å². The van der Waals surface area contributed by atoms with Gasteiger partial charge in [0.2, 0.25) is 10.0 Å². The van der Waals surface area contributed by atoms with Crippen LogP contribution in [0.2, 0.25) is 5.02 Å². The fourth-order valence-electron chi connectivity index (χ4n) is 2.00. The lowest BCUT2D eigenvalue weighted by Gasteiger charge is -2.16. The second-order valence-corrected chi connectivity index (χ2v) is 7.01. The molecule has 1 N–H and O–H groups in total. The van der Waals surface area contributed by atoms with Crippen LogP contribution < -0.4 is 4.72 Å². The Hall–Kier alpha value is -1.57. The van der Waals surface area contributed by atoms with Gasteiger partial charge in [-0.1, -0.05) is 41.9 Å². The fourth-order valence-corrected chi connectivity index (χ4v) is 3.48. The molecule has 0 spiro atoms. The maximum atomic E-state index is 12.8. The van der Waals surface area contributed by atoms with Crippen molar-refractivity contribution in [3.63, 3.8) is 0 Å². The van der Waals surface area contributed by atoms with Crippen LogP contribution in [0.3, 0.4) is 0 Å². The second-order valence-electron chi connectivity index (χ2n) is 4.89. The molecule has 0 aliphatic rings. The van der Waals surface area contributed by atoms with E-state index < -0.39 is 37.7 Å². The van der Waals surface area contributed by atoms with E-state index in [1.54, 1.807) is 37.3 Å². The van der Waals surface area contributed by atoms with Crippen LogP contribution >= 0.6 is 11.6 Å². The van der Waals surface area contributed by atoms with E-state index in [0.29, 0.717) is 11.6 Å². The lowest BCUT2D eigenvalue weighted by Crippen LogP contribution is -2.27. The molecule has 124 valence electrons. The highest BCUT2D eigenvalue weighted by Gasteiger charge is 2.34. The number of hydrogen-bond acceptors (Lipinski definition) is 2. The standard InChI is InChI=1S/C15H13ClF3NO2S/c1-10(11-5-3-2-4-6-11)20-23(21,22)12-7-8-14(16)13(9-12)15(17,18)19/h2-10,20H,1H3/t10-/m0/s1. The molecule has 0 aliphatic heterocycles. The van der Waals surface area contributed by atoms with Crippen molar-refractivity contribution < 1.29 is 21.6 Å². The van der Waals surface area contributed by atoms with Crippen molar-refractivity contribution >= 4 is 21.6 Å². The first-order chi connectivity index (χ1) is 10.6. The van der Waals surface area contributed by atoms with Gasteiger partial charge in [-0.15, -0.1) is 0 Å². The zero-order valence-corrected chi connectivity index (χ0v) is 13.5. The van der Waals surface area contributed by atoms with Crippen molar-refractivity contribution in [3.8, 4) is 0 Å². The minimum atomic E-state index is -4.73. The minimum absolute atomic E-state index is 0.489. The molecular weight excluding hydrogens is 351 g/mol. The average molecular weight is 364 g/mol. The maximum absolute atomic E-state index is 12.8. The van der Waals surface area contributed by atoms with Gasteiger partial charge >= 0.3 is 6.18 Å². The van der Waals surface area contributed by atoms with Gasteiger partial charge in [-0.2, -0.15) is 13.2 Å². The normalized spacial score (nSPS) is 13.8. The molecule has 0 aliphatic carbocycles. The summed E-state index contributed by atoms with van der Waals surface area (Å²) in [5.74, 6) is 0. The number of hydrogen-bond donors (Lipinski definition) is 1. The number of alkyl halides is 3. The van der Waals surface area contributed by atoms with Crippen LogP contribution in [0.5, 0.6) is 0 Å². The molecule has 0 aromatic heterocycles. The van der Waals surface area contributed by atoms with Crippen molar-refractivity contribution in [1.82, 2.24) is 4.72 Å². The molecule has 8 heteroatoms. The van der Waals surface area contributed by atoms with Crippen LogP contribution in [0.4, 0.5) is 13.2 Å². The summed E-state index contributed by atoms with van der Waals surface area (Å²) in [6, 6.07) is 10.6.